The molecule has 2 aromatic rings. The van der Waals surface area contributed by atoms with E-state index in [0.717, 1.165) is 24.4 Å². The summed E-state index contributed by atoms with van der Waals surface area (Å²) < 4.78 is 16.6. The van der Waals surface area contributed by atoms with Gasteiger partial charge in [0.15, 0.2) is 5.78 Å². The van der Waals surface area contributed by atoms with Crippen molar-refractivity contribution in [2.24, 2.45) is 5.92 Å². The number of piperidine rings is 1. The lowest BCUT2D eigenvalue weighted by atomic mass is 9.90. The smallest absolute Gasteiger partial charge is 0.322 e. The van der Waals surface area contributed by atoms with Gasteiger partial charge in [-0.3, -0.25) is 10.1 Å². The minimum atomic E-state index is -0.371. The van der Waals surface area contributed by atoms with Crippen LogP contribution in [0.5, 0.6) is 0 Å². The van der Waals surface area contributed by atoms with E-state index in [1.165, 1.54) is 30.5 Å². The van der Waals surface area contributed by atoms with E-state index in [1.807, 2.05) is 0 Å². The fourth-order valence-electron chi connectivity index (χ4n) is 2.63. The second-order valence-corrected chi connectivity index (χ2v) is 6.15. The molecule has 120 valence electrons. The van der Waals surface area contributed by atoms with Crippen molar-refractivity contribution < 1.29 is 14.0 Å². The van der Waals surface area contributed by atoms with Crippen molar-refractivity contribution in [1.29, 1.82) is 0 Å². The van der Waals surface area contributed by atoms with Gasteiger partial charge < -0.3 is 4.90 Å². The minimum Gasteiger partial charge on any atom is -0.324 e. The lowest BCUT2D eigenvalue weighted by Gasteiger charge is -2.31. The Balaban J connectivity index is 1.64. The molecule has 2 amide bonds. The number of anilines is 1. The van der Waals surface area contributed by atoms with Crippen molar-refractivity contribution in [2.45, 2.75) is 12.8 Å². The van der Waals surface area contributed by atoms with E-state index in [2.05, 4.69) is 14.9 Å². The van der Waals surface area contributed by atoms with Crippen molar-refractivity contribution in [3.05, 3.63) is 41.8 Å². The molecule has 6 nitrogen and oxygen atoms in total. The molecule has 8 heteroatoms. The maximum atomic E-state index is 13.0. The molecule has 1 aromatic heterocycles. The van der Waals surface area contributed by atoms with Crippen LogP contribution in [0.4, 0.5) is 14.2 Å². The summed E-state index contributed by atoms with van der Waals surface area (Å²) in [5, 5.41) is 6.95. The summed E-state index contributed by atoms with van der Waals surface area (Å²) in [5.41, 5.74) is 0.477. The van der Waals surface area contributed by atoms with Crippen LogP contribution in [0.25, 0.3) is 0 Å². The van der Waals surface area contributed by atoms with Crippen molar-refractivity contribution in [2.75, 3.05) is 18.4 Å². The molecule has 1 saturated heterocycles. The number of carbonyl (C=O) groups is 2. The molecule has 1 unspecified atom stereocenters. The maximum absolute atomic E-state index is 13.0. The Labute approximate surface area is 136 Å². The van der Waals surface area contributed by atoms with Crippen LogP contribution in [-0.4, -0.2) is 39.4 Å². The van der Waals surface area contributed by atoms with Crippen molar-refractivity contribution in [3.8, 4) is 0 Å². The molecule has 1 aromatic carbocycles. The maximum Gasteiger partial charge on any atom is 0.322 e. The Morgan fingerprint density at radius 2 is 2.09 bits per heavy atom. The van der Waals surface area contributed by atoms with Crippen molar-refractivity contribution in [3.63, 3.8) is 0 Å². The van der Waals surface area contributed by atoms with Gasteiger partial charge in [0, 0.05) is 36.1 Å². The first-order valence-electron chi connectivity index (χ1n) is 7.26. The number of benzene rings is 1. The fraction of sp³-hybridized carbons (Fsp3) is 0.333. The molecule has 0 bridgehead atoms. The van der Waals surface area contributed by atoms with E-state index in [-0.39, 0.29) is 23.5 Å². The average molecular weight is 334 g/mol. The van der Waals surface area contributed by atoms with Crippen LogP contribution in [0.15, 0.2) is 30.5 Å². The zero-order valence-corrected chi connectivity index (χ0v) is 13.1. The number of rotatable bonds is 3. The molecular weight excluding hydrogens is 319 g/mol. The van der Waals surface area contributed by atoms with Crippen LogP contribution in [0.1, 0.15) is 23.2 Å². The Kier molecular flexibility index (Phi) is 4.61. The predicted octanol–water partition coefficient (Wildman–Crippen LogP) is 2.80. The summed E-state index contributed by atoms with van der Waals surface area (Å²) in [5.74, 6) is -0.689. The first-order chi connectivity index (χ1) is 11.1. The van der Waals surface area contributed by atoms with Crippen LogP contribution >= 0.6 is 11.5 Å². The third kappa shape index (κ3) is 3.70. The summed E-state index contributed by atoms with van der Waals surface area (Å²) in [6.07, 6.45) is 2.96. The quantitative estimate of drug-likeness (QED) is 0.876. The normalized spacial score (nSPS) is 17.8. The standard InChI is InChI=1S/C15H15FN4O2S/c16-12-5-3-10(4-6-12)14(21)11-2-1-7-20(9-11)15(22)18-13-8-17-19-23-13/h3-6,8,11H,1-2,7,9H2,(H,18,22). The van der Waals surface area contributed by atoms with E-state index < -0.39 is 0 Å². The van der Waals surface area contributed by atoms with E-state index in [9.17, 15) is 14.0 Å². The molecule has 0 aliphatic carbocycles. The van der Waals surface area contributed by atoms with Gasteiger partial charge in [0.05, 0.1) is 6.20 Å². The lowest BCUT2D eigenvalue weighted by molar-refractivity contribution is 0.0851. The van der Waals surface area contributed by atoms with Gasteiger partial charge >= 0.3 is 6.03 Å². The zero-order valence-electron chi connectivity index (χ0n) is 12.2. The SMILES string of the molecule is O=C(c1ccc(F)cc1)C1CCCN(C(=O)Nc2cnns2)C1. The molecule has 0 radical (unpaired) electrons. The third-order valence-corrected chi connectivity index (χ3v) is 4.38. The number of urea groups is 1. The summed E-state index contributed by atoms with van der Waals surface area (Å²) in [4.78, 5) is 26.3. The number of nitrogens with zero attached hydrogens (tertiary/aromatic N) is 3. The van der Waals surface area contributed by atoms with Gasteiger partial charge in [-0.2, -0.15) is 0 Å². The Morgan fingerprint density at radius 1 is 1.30 bits per heavy atom. The number of nitrogens with one attached hydrogen (secondary N) is 1. The second kappa shape index (κ2) is 6.82. The number of hydrogen-bond acceptors (Lipinski definition) is 5. The summed E-state index contributed by atoms with van der Waals surface area (Å²) in [6, 6.07) is 5.27. The highest BCUT2D eigenvalue weighted by Crippen LogP contribution is 2.22. The largest absolute Gasteiger partial charge is 0.324 e. The molecule has 1 fully saturated rings. The highest BCUT2D eigenvalue weighted by atomic mass is 32.1. The lowest BCUT2D eigenvalue weighted by Crippen LogP contribution is -2.44. The topological polar surface area (TPSA) is 75.2 Å². The van der Waals surface area contributed by atoms with Crippen molar-refractivity contribution in [1.82, 2.24) is 14.5 Å². The van der Waals surface area contributed by atoms with Crippen LogP contribution < -0.4 is 5.32 Å². The number of amides is 2. The average Bonchev–Trinajstić information content (AvgIpc) is 3.08. The van der Waals surface area contributed by atoms with Crippen LogP contribution in [0, 0.1) is 11.7 Å². The van der Waals surface area contributed by atoms with Crippen LogP contribution in [0.3, 0.4) is 0 Å². The predicted molar refractivity (Wildman–Crippen MR) is 84.0 cm³/mol. The minimum absolute atomic E-state index is 0.0537. The number of carbonyl (C=O) groups excluding carboxylic acids is 2. The van der Waals surface area contributed by atoms with Crippen LogP contribution in [0.2, 0.25) is 0 Å². The van der Waals surface area contributed by atoms with Gasteiger partial charge in [-0.1, -0.05) is 4.49 Å². The highest BCUT2D eigenvalue weighted by molar-refractivity contribution is 7.10. The number of ketones is 1. The molecule has 23 heavy (non-hydrogen) atoms. The molecule has 0 saturated carbocycles. The summed E-state index contributed by atoms with van der Waals surface area (Å²) in [6.45, 7) is 0.958. The molecule has 0 spiro atoms. The number of likely N-dealkylation sites (tertiary alicyclic amines) is 1. The van der Waals surface area contributed by atoms with E-state index >= 15 is 0 Å². The van der Waals surface area contributed by atoms with Gasteiger partial charge in [0.1, 0.15) is 10.8 Å². The van der Waals surface area contributed by atoms with E-state index in [4.69, 9.17) is 0 Å². The van der Waals surface area contributed by atoms with Gasteiger partial charge in [-0.05, 0) is 37.1 Å². The molecule has 2 heterocycles. The second-order valence-electron chi connectivity index (χ2n) is 5.37. The molecule has 1 aliphatic rings. The number of hydrogen-bond donors (Lipinski definition) is 1. The van der Waals surface area contributed by atoms with Crippen LogP contribution in [-0.2, 0) is 0 Å². The molecule has 3 rings (SSSR count). The first-order valence-corrected chi connectivity index (χ1v) is 8.04. The van der Waals surface area contributed by atoms with Gasteiger partial charge in [-0.25, -0.2) is 9.18 Å². The first kappa shape index (κ1) is 15.5. The van der Waals surface area contributed by atoms with Gasteiger partial charge in [-0.15, -0.1) is 5.10 Å². The van der Waals surface area contributed by atoms with Gasteiger partial charge in [0.25, 0.3) is 0 Å². The Hall–Kier alpha value is -2.35. The molecular formula is C15H15FN4O2S. The zero-order chi connectivity index (χ0) is 16.2. The van der Waals surface area contributed by atoms with E-state index in [0.29, 0.717) is 23.7 Å². The monoisotopic (exact) mass is 334 g/mol. The number of halogens is 1. The number of aromatic nitrogens is 2. The van der Waals surface area contributed by atoms with Crippen molar-refractivity contribution >= 4 is 28.3 Å². The Bertz CT molecular complexity index is 690. The number of Topliss-reactive ketones (excluding diaryl/α,β-unsaturated/α-hetero) is 1. The molecule has 1 N–H and O–H groups in total. The highest BCUT2D eigenvalue weighted by Gasteiger charge is 2.29. The van der Waals surface area contributed by atoms with E-state index in [1.54, 1.807) is 4.90 Å². The summed E-state index contributed by atoms with van der Waals surface area (Å²) in [7, 11) is 0. The summed E-state index contributed by atoms with van der Waals surface area (Å²) >= 11 is 1.10. The molecule has 1 aliphatic heterocycles. The van der Waals surface area contributed by atoms with Gasteiger partial charge in [0.2, 0.25) is 0 Å². The molecule has 1 atom stereocenters. The third-order valence-electron chi connectivity index (χ3n) is 3.80. The Morgan fingerprint density at radius 3 is 2.78 bits per heavy atom. The fourth-order valence-corrected chi connectivity index (χ4v) is 3.04.